The third-order valence-corrected chi connectivity index (χ3v) is 6.73. The Bertz CT molecular complexity index is 1350. The van der Waals surface area contributed by atoms with E-state index in [9.17, 15) is 39.0 Å². The van der Waals surface area contributed by atoms with Crippen molar-refractivity contribution in [2.45, 2.75) is 89.4 Å². The third kappa shape index (κ3) is 30.4. The summed E-state index contributed by atoms with van der Waals surface area (Å²) in [5.41, 5.74) is 22.4. The topological polar surface area (TPSA) is 433 Å². The molecule has 57 heavy (non-hydrogen) atoms. The zero-order valence-corrected chi connectivity index (χ0v) is 32.5. The van der Waals surface area contributed by atoms with Gasteiger partial charge in [-0.2, -0.15) is 0 Å². The van der Waals surface area contributed by atoms with Crippen LogP contribution >= 0.6 is 0 Å². The molecule has 4 atom stereocenters. The Labute approximate surface area is 338 Å². The first-order valence-corrected chi connectivity index (χ1v) is 17.2. The van der Waals surface area contributed by atoms with Crippen molar-refractivity contribution in [2.24, 2.45) is 22.9 Å². The van der Waals surface area contributed by atoms with Crippen LogP contribution in [0, 0.1) is 0 Å². The van der Waals surface area contributed by atoms with Crippen LogP contribution in [0.15, 0.2) is 25.0 Å². The van der Waals surface area contributed by atoms with Gasteiger partial charge in [-0.25, -0.2) is 9.97 Å². The molecule has 0 aliphatic heterocycles. The number of carboxylic acid groups (broad SMARTS) is 4. The van der Waals surface area contributed by atoms with Gasteiger partial charge in [0.2, 0.25) is 23.6 Å². The number of H-pyrrole nitrogens is 2. The smallest absolute Gasteiger partial charge is 0.548 e. The van der Waals surface area contributed by atoms with Gasteiger partial charge < -0.3 is 84.2 Å². The summed E-state index contributed by atoms with van der Waals surface area (Å²) in [6.07, 6.45) is 8.89. The van der Waals surface area contributed by atoms with Crippen molar-refractivity contribution in [3.63, 3.8) is 0 Å². The van der Waals surface area contributed by atoms with E-state index in [-0.39, 0.29) is 55.8 Å². The molecule has 0 aliphatic carbocycles. The number of aliphatic carboxylic acids is 4. The molecule has 3 unspecified atom stereocenters. The predicted octanol–water partition coefficient (Wildman–Crippen LogP) is -6.30. The largest absolute Gasteiger partial charge is 2.00 e. The summed E-state index contributed by atoms with van der Waals surface area (Å²) < 4.78 is 0. The van der Waals surface area contributed by atoms with E-state index in [1.54, 1.807) is 0 Å². The van der Waals surface area contributed by atoms with E-state index in [1.165, 1.54) is 25.0 Å². The molecule has 0 bridgehead atoms. The van der Waals surface area contributed by atoms with Crippen LogP contribution in [0.2, 0.25) is 0 Å². The number of amides is 4. The quantitative estimate of drug-likeness (QED) is 0.0387. The van der Waals surface area contributed by atoms with E-state index in [0.29, 0.717) is 50.2 Å². The van der Waals surface area contributed by atoms with E-state index in [0.717, 1.165) is 13.8 Å². The molecule has 0 saturated carbocycles. The molecular formula is C32H54CuN12O12. The molecular weight excluding hydrogens is 808 g/mol. The van der Waals surface area contributed by atoms with Crippen LogP contribution in [0.25, 0.3) is 0 Å². The van der Waals surface area contributed by atoms with Crippen molar-refractivity contribution in [1.29, 1.82) is 0 Å². The molecule has 2 aromatic heterocycles. The Balaban J connectivity index is -0.000000847. The maximum atomic E-state index is 12.4. The van der Waals surface area contributed by atoms with Crippen molar-refractivity contribution in [3.8, 4) is 0 Å². The molecule has 1 radical (unpaired) electrons. The SMILES string of the molecule is CC(=O)O.CC(=O)O.NCCCCC(NC(=O)C(Cc1cnc[nH]1)NC(=O)CN)C(=O)[O-].NCCCCC(NC(=O)[C@H](Cc1cnc[nH]1)NC(=O)CN)C(=O)[O-].[Cu+2]. The average Bonchev–Trinajstić information content (AvgIpc) is 3.84. The molecule has 2 rings (SSSR count). The van der Waals surface area contributed by atoms with Gasteiger partial charge >= 0.3 is 17.1 Å². The van der Waals surface area contributed by atoms with Gasteiger partial charge in [-0.05, 0) is 51.6 Å². The first-order valence-electron chi connectivity index (χ1n) is 17.2. The molecule has 25 heteroatoms. The number of rotatable bonds is 22. The normalized spacial score (nSPS) is 11.9. The number of nitrogens with two attached hydrogens (primary N) is 4. The number of carbonyl (C=O) groups is 8. The van der Waals surface area contributed by atoms with Gasteiger partial charge in [0.15, 0.2) is 0 Å². The van der Waals surface area contributed by atoms with Crippen LogP contribution in [-0.4, -0.2) is 128 Å². The second-order valence-electron chi connectivity index (χ2n) is 11.6. The van der Waals surface area contributed by atoms with Crippen molar-refractivity contribution in [2.75, 3.05) is 26.2 Å². The number of nitrogens with zero attached hydrogens (tertiary/aromatic N) is 2. The van der Waals surface area contributed by atoms with E-state index in [1.807, 2.05) is 0 Å². The molecule has 325 valence electrons. The van der Waals surface area contributed by atoms with Crippen LogP contribution in [0.5, 0.6) is 0 Å². The minimum Gasteiger partial charge on any atom is -0.548 e. The first kappa shape index (κ1) is 55.9. The Morgan fingerprint density at radius 2 is 0.930 bits per heavy atom. The van der Waals surface area contributed by atoms with Gasteiger partial charge in [0, 0.05) is 50.5 Å². The average molecular weight is 862 g/mol. The summed E-state index contributed by atoms with van der Waals surface area (Å²) in [4.78, 5) is 101. The second kappa shape index (κ2) is 33.8. The summed E-state index contributed by atoms with van der Waals surface area (Å²) in [7, 11) is 0. The minimum atomic E-state index is -1.38. The Kier molecular flexibility index (Phi) is 33.2. The Morgan fingerprint density at radius 3 is 1.16 bits per heavy atom. The maximum absolute atomic E-state index is 12.4. The van der Waals surface area contributed by atoms with E-state index in [4.69, 9.17) is 42.7 Å². The molecule has 0 spiro atoms. The fraction of sp³-hybridized carbons (Fsp3) is 0.562. The summed E-state index contributed by atoms with van der Waals surface area (Å²) in [5, 5.41) is 46.9. The molecule has 0 saturated heterocycles. The monoisotopic (exact) mass is 861 g/mol. The molecule has 24 nitrogen and oxygen atoms in total. The van der Waals surface area contributed by atoms with Gasteiger partial charge in [-0.3, -0.25) is 28.8 Å². The molecule has 0 aliphatic rings. The Hall–Kier alpha value is -5.46. The molecule has 2 aromatic rings. The molecule has 16 N–H and O–H groups in total. The predicted molar refractivity (Wildman–Crippen MR) is 193 cm³/mol. The van der Waals surface area contributed by atoms with Crippen LogP contribution in [0.3, 0.4) is 0 Å². The number of imidazole rings is 2. The van der Waals surface area contributed by atoms with Crippen molar-refractivity contribution in [1.82, 2.24) is 41.2 Å². The van der Waals surface area contributed by atoms with Crippen LogP contribution in [0.4, 0.5) is 0 Å². The molecule has 0 fully saturated rings. The van der Waals surface area contributed by atoms with Gasteiger partial charge in [-0.1, -0.05) is 0 Å². The summed E-state index contributed by atoms with van der Waals surface area (Å²) in [5.74, 6) is -6.75. The summed E-state index contributed by atoms with van der Waals surface area (Å²) in [6.45, 7) is 2.46. The number of aromatic nitrogens is 4. The number of nitrogens with one attached hydrogen (secondary N) is 6. The fourth-order valence-corrected chi connectivity index (χ4v) is 4.19. The zero-order chi connectivity index (χ0) is 43.1. The van der Waals surface area contributed by atoms with Crippen molar-refractivity contribution >= 4 is 47.5 Å². The first-order chi connectivity index (χ1) is 26.4. The number of carboxylic acids is 4. The molecule has 0 aromatic carbocycles. The standard InChI is InChI=1S/2C14H24N6O4.2C2H4O2.Cu/c2*15-4-2-1-3-10(14(23)24)20-13(22)11(19-12(21)6-16)5-9-7-17-8-18-9;2*1-2(3)4;/h2*7-8,10-11H,1-6,15-16H2,(H,17,18)(H,19,21)(H,20,22)(H,23,24);2*1H3,(H,3,4);/q;;;;+2/p-2/t10?,11-;;;;/m0..../s1. The minimum absolute atomic E-state index is 0. The van der Waals surface area contributed by atoms with Gasteiger partial charge in [-0.15, -0.1) is 0 Å². The number of carbonyl (C=O) groups excluding carboxylic acids is 6. The van der Waals surface area contributed by atoms with Crippen LogP contribution in [-0.2, 0) is 68.3 Å². The Morgan fingerprint density at radius 1 is 0.614 bits per heavy atom. The van der Waals surface area contributed by atoms with Crippen LogP contribution < -0.4 is 54.4 Å². The van der Waals surface area contributed by atoms with E-state index >= 15 is 0 Å². The van der Waals surface area contributed by atoms with Gasteiger partial charge in [0.1, 0.15) is 12.1 Å². The summed E-state index contributed by atoms with van der Waals surface area (Å²) >= 11 is 0. The number of hydrogen-bond acceptors (Lipinski definition) is 16. The van der Waals surface area contributed by atoms with Crippen molar-refractivity contribution < 1.29 is 75.9 Å². The molecule has 2 heterocycles. The third-order valence-electron chi connectivity index (χ3n) is 6.73. The van der Waals surface area contributed by atoms with E-state index in [2.05, 4.69) is 41.2 Å². The van der Waals surface area contributed by atoms with Gasteiger partial charge in [0.05, 0.1) is 49.8 Å². The maximum Gasteiger partial charge on any atom is 2.00 e. The van der Waals surface area contributed by atoms with Gasteiger partial charge in [0.25, 0.3) is 11.9 Å². The number of aromatic amines is 2. The fourth-order valence-electron chi connectivity index (χ4n) is 4.19. The zero-order valence-electron chi connectivity index (χ0n) is 31.6. The second-order valence-corrected chi connectivity index (χ2v) is 11.6. The number of unbranched alkanes of at least 4 members (excludes halogenated alkanes) is 2. The summed E-state index contributed by atoms with van der Waals surface area (Å²) in [6, 6.07) is -4.25. The van der Waals surface area contributed by atoms with Crippen molar-refractivity contribution in [3.05, 3.63) is 36.4 Å². The van der Waals surface area contributed by atoms with Crippen LogP contribution in [0.1, 0.15) is 63.8 Å². The molecule has 4 amide bonds. The van der Waals surface area contributed by atoms with E-state index < -0.39 is 71.7 Å². The number of hydrogen-bond donors (Lipinski definition) is 12.